The molecule has 0 aliphatic heterocycles. The van der Waals surface area contributed by atoms with Crippen molar-refractivity contribution in [3.8, 4) is 11.4 Å². The van der Waals surface area contributed by atoms with Gasteiger partial charge in [0.1, 0.15) is 0 Å². The van der Waals surface area contributed by atoms with Gasteiger partial charge in [-0.05, 0) is 36.4 Å². The van der Waals surface area contributed by atoms with E-state index in [9.17, 15) is 4.79 Å². The SMILES string of the molecule is CN(C)c1ccc(-c2ncon2)cc1.O=C(NCCO)c1ccccc1. The van der Waals surface area contributed by atoms with Crippen LogP contribution in [0.4, 0.5) is 5.69 Å². The first-order valence-corrected chi connectivity index (χ1v) is 8.10. The highest BCUT2D eigenvalue weighted by molar-refractivity contribution is 5.94. The zero-order chi connectivity index (χ0) is 18.8. The Bertz CT molecular complexity index is 772. The third-order valence-corrected chi connectivity index (χ3v) is 3.44. The van der Waals surface area contributed by atoms with Gasteiger partial charge < -0.3 is 19.8 Å². The molecule has 0 fully saturated rings. The summed E-state index contributed by atoms with van der Waals surface area (Å²) in [6.07, 6.45) is 1.33. The minimum Gasteiger partial charge on any atom is -0.395 e. The summed E-state index contributed by atoms with van der Waals surface area (Å²) in [5.41, 5.74) is 2.73. The van der Waals surface area contributed by atoms with E-state index in [0.717, 1.165) is 11.3 Å². The van der Waals surface area contributed by atoms with Crippen LogP contribution in [-0.2, 0) is 0 Å². The minimum atomic E-state index is -0.148. The van der Waals surface area contributed by atoms with Gasteiger partial charge in [-0.3, -0.25) is 4.79 Å². The average Bonchev–Trinajstić information content (AvgIpc) is 3.22. The summed E-state index contributed by atoms with van der Waals surface area (Å²) in [4.78, 5) is 17.2. The van der Waals surface area contributed by atoms with Crippen molar-refractivity contribution in [1.29, 1.82) is 0 Å². The Morgan fingerprint density at radius 3 is 2.35 bits per heavy atom. The van der Waals surface area contributed by atoms with Crippen molar-refractivity contribution in [2.45, 2.75) is 0 Å². The van der Waals surface area contributed by atoms with Crippen LogP contribution in [0, 0.1) is 0 Å². The molecule has 0 saturated heterocycles. The van der Waals surface area contributed by atoms with Gasteiger partial charge in [-0.15, -0.1) is 0 Å². The lowest BCUT2D eigenvalue weighted by molar-refractivity contribution is 0.0945. The molecule has 0 aliphatic carbocycles. The predicted octanol–water partition coefficient (Wildman–Crippen LogP) is 2.21. The first-order valence-electron chi connectivity index (χ1n) is 8.10. The fourth-order valence-corrected chi connectivity index (χ4v) is 2.07. The summed E-state index contributed by atoms with van der Waals surface area (Å²) in [5, 5.41) is 14.8. The molecule has 0 saturated carbocycles. The highest BCUT2D eigenvalue weighted by Gasteiger charge is 2.03. The maximum Gasteiger partial charge on any atom is 0.251 e. The van der Waals surface area contributed by atoms with E-state index in [2.05, 4.69) is 20.0 Å². The van der Waals surface area contributed by atoms with E-state index >= 15 is 0 Å². The van der Waals surface area contributed by atoms with E-state index < -0.39 is 0 Å². The maximum atomic E-state index is 11.2. The Balaban J connectivity index is 0.000000190. The van der Waals surface area contributed by atoms with Crippen LogP contribution in [0.15, 0.2) is 65.5 Å². The van der Waals surface area contributed by atoms with Gasteiger partial charge in [0.2, 0.25) is 12.2 Å². The van der Waals surface area contributed by atoms with Crippen molar-refractivity contribution in [1.82, 2.24) is 15.5 Å². The summed E-state index contributed by atoms with van der Waals surface area (Å²) in [6, 6.07) is 16.9. The lowest BCUT2D eigenvalue weighted by Crippen LogP contribution is -2.26. The number of rotatable bonds is 5. The number of aliphatic hydroxyl groups excluding tert-OH is 1. The average molecular weight is 354 g/mol. The summed E-state index contributed by atoms with van der Waals surface area (Å²) in [6.45, 7) is 0.270. The summed E-state index contributed by atoms with van der Waals surface area (Å²) in [5.74, 6) is 0.472. The Morgan fingerprint density at radius 1 is 1.12 bits per heavy atom. The third kappa shape index (κ3) is 5.71. The lowest BCUT2D eigenvalue weighted by atomic mass is 10.2. The zero-order valence-corrected chi connectivity index (χ0v) is 14.8. The van der Waals surface area contributed by atoms with Crippen molar-refractivity contribution >= 4 is 11.6 Å². The minimum absolute atomic E-state index is 0.0292. The molecule has 0 unspecified atom stereocenters. The van der Waals surface area contributed by atoms with E-state index in [4.69, 9.17) is 5.11 Å². The molecule has 0 bridgehead atoms. The van der Waals surface area contributed by atoms with E-state index in [1.165, 1.54) is 6.39 Å². The van der Waals surface area contributed by atoms with Crippen molar-refractivity contribution in [3.05, 3.63) is 66.6 Å². The molecule has 0 radical (unpaired) electrons. The molecule has 2 N–H and O–H groups in total. The van der Waals surface area contributed by atoms with Crippen molar-refractivity contribution in [3.63, 3.8) is 0 Å². The third-order valence-electron chi connectivity index (χ3n) is 3.44. The summed E-state index contributed by atoms with van der Waals surface area (Å²) in [7, 11) is 4.01. The number of hydrogen-bond donors (Lipinski definition) is 2. The number of aliphatic hydroxyl groups is 1. The Labute approximate surface area is 152 Å². The zero-order valence-electron chi connectivity index (χ0n) is 14.8. The molecular weight excluding hydrogens is 332 g/mol. The number of carbonyl (C=O) groups is 1. The Morgan fingerprint density at radius 2 is 1.81 bits per heavy atom. The largest absolute Gasteiger partial charge is 0.395 e. The van der Waals surface area contributed by atoms with E-state index in [0.29, 0.717) is 17.9 Å². The number of hydrogen-bond acceptors (Lipinski definition) is 6. The van der Waals surface area contributed by atoms with Crippen LogP contribution in [-0.4, -0.2) is 48.4 Å². The van der Waals surface area contributed by atoms with Gasteiger partial charge in [0.15, 0.2) is 0 Å². The smallest absolute Gasteiger partial charge is 0.251 e. The van der Waals surface area contributed by atoms with E-state index in [1.54, 1.807) is 24.3 Å². The molecular formula is C19H22N4O3. The lowest BCUT2D eigenvalue weighted by Gasteiger charge is -2.11. The number of nitrogens with zero attached hydrogens (tertiary/aromatic N) is 3. The van der Waals surface area contributed by atoms with Crippen LogP contribution in [0.5, 0.6) is 0 Å². The molecule has 0 atom stereocenters. The number of benzene rings is 2. The molecule has 136 valence electrons. The molecule has 2 aromatic carbocycles. The number of anilines is 1. The highest BCUT2D eigenvalue weighted by Crippen LogP contribution is 2.18. The molecule has 3 aromatic rings. The monoisotopic (exact) mass is 354 g/mol. The van der Waals surface area contributed by atoms with Gasteiger partial charge in [-0.2, -0.15) is 4.98 Å². The molecule has 26 heavy (non-hydrogen) atoms. The second kappa shape index (κ2) is 9.95. The number of aromatic nitrogens is 2. The molecule has 1 aromatic heterocycles. The van der Waals surface area contributed by atoms with E-state index in [1.807, 2.05) is 49.3 Å². The topological polar surface area (TPSA) is 91.5 Å². The van der Waals surface area contributed by atoms with Crippen LogP contribution in [0.3, 0.4) is 0 Å². The predicted molar refractivity (Wildman–Crippen MR) is 99.9 cm³/mol. The second-order valence-electron chi connectivity index (χ2n) is 5.54. The van der Waals surface area contributed by atoms with Crippen LogP contribution < -0.4 is 10.2 Å². The van der Waals surface area contributed by atoms with Crippen molar-refractivity contribution < 1.29 is 14.4 Å². The molecule has 1 amide bonds. The molecule has 0 aliphatic rings. The van der Waals surface area contributed by atoms with Gasteiger partial charge in [0.25, 0.3) is 5.91 Å². The van der Waals surface area contributed by atoms with Gasteiger partial charge >= 0.3 is 0 Å². The quantitative estimate of drug-likeness (QED) is 0.730. The number of carbonyl (C=O) groups excluding carboxylic acids is 1. The Kier molecular flexibility index (Phi) is 7.32. The molecule has 7 nitrogen and oxygen atoms in total. The molecule has 0 spiro atoms. The molecule has 7 heteroatoms. The summed E-state index contributed by atoms with van der Waals surface area (Å²) >= 11 is 0. The van der Waals surface area contributed by atoms with Crippen LogP contribution in [0.25, 0.3) is 11.4 Å². The maximum absolute atomic E-state index is 11.2. The van der Waals surface area contributed by atoms with Crippen LogP contribution in [0.1, 0.15) is 10.4 Å². The Hall–Kier alpha value is -3.19. The van der Waals surface area contributed by atoms with Crippen molar-refractivity contribution in [2.75, 3.05) is 32.1 Å². The highest BCUT2D eigenvalue weighted by atomic mass is 16.5. The molecule has 3 rings (SSSR count). The standard InChI is InChI=1S/C10H11N3O.C9H11NO2/c1-13(2)9-5-3-8(4-6-9)10-11-7-14-12-10;11-7-6-10-9(12)8-4-2-1-3-5-8/h3-7H,1-2H3;1-5,11H,6-7H2,(H,10,12). The first-order chi connectivity index (χ1) is 12.6. The fourth-order valence-electron chi connectivity index (χ4n) is 2.07. The van der Waals surface area contributed by atoms with Gasteiger partial charge in [0.05, 0.1) is 6.61 Å². The number of amides is 1. The van der Waals surface area contributed by atoms with Crippen molar-refractivity contribution in [2.24, 2.45) is 0 Å². The van der Waals surface area contributed by atoms with Gasteiger partial charge in [0, 0.05) is 37.5 Å². The van der Waals surface area contributed by atoms with Crippen LogP contribution in [0.2, 0.25) is 0 Å². The fraction of sp³-hybridized carbons (Fsp3) is 0.211. The molecule has 1 heterocycles. The van der Waals surface area contributed by atoms with Gasteiger partial charge in [-0.1, -0.05) is 23.4 Å². The van der Waals surface area contributed by atoms with E-state index in [-0.39, 0.29) is 12.5 Å². The summed E-state index contributed by atoms with van der Waals surface area (Å²) < 4.78 is 4.68. The normalized spacial score (nSPS) is 9.81. The second-order valence-corrected chi connectivity index (χ2v) is 5.54. The first kappa shape index (κ1) is 19.1. The van der Waals surface area contributed by atoms with Crippen LogP contribution >= 0.6 is 0 Å². The number of nitrogens with one attached hydrogen (secondary N) is 1. The van der Waals surface area contributed by atoms with Gasteiger partial charge in [-0.25, -0.2) is 0 Å².